The Morgan fingerprint density at radius 1 is 1.25 bits per heavy atom. The number of benzene rings is 1. The second-order valence-electron chi connectivity index (χ2n) is 6.21. The second-order valence-corrected chi connectivity index (χ2v) is 6.21. The number of ether oxygens (including phenoxy) is 2. The molecule has 132 valence electrons. The largest absolute Gasteiger partial charge is 0.493 e. The lowest BCUT2D eigenvalue weighted by atomic mass is 9.92. The van der Waals surface area contributed by atoms with Crippen molar-refractivity contribution in [1.29, 1.82) is 0 Å². The number of nitrogens with zero attached hydrogens (tertiary/aromatic N) is 1. The summed E-state index contributed by atoms with van der Waals surface area (Å²) in [4.78, 5) is 25.5. The normalized spacial score (nSPS) is 17.5. The summed E-state index contributed by atoms with van der Waals surface area (Å²) in [6, 6.07) is 3.52. The van der Waals surface area contributed by atoms with Crippen LogP contribution in [0.2, 0.25) is 0 Å². The van der Waals surface area contributed by atoms with Gasteiger partial charge in [0.15, 0.2) is 11.5 Å². The molecule has 0 radical (unpaired) electrons. The Labute approximate surface area is 142 Å². The van der Waals surface area contributed by atoms with Gasteiger partial charge in [-0.3, -0.25) is 9.59 Å². The van der Waals surface area contributed by atoms with Gasteiger partial charge in [-0.1, -0.05) is 0 Å². The maximum atomic E-state index is 12.9. The summed E-state index contributed by atoms with van der Waals surface area (Å²) in [6.07, 6.45) is 2.65. The maximum Gasteiger partial charge on any atom is 0.303 e. The predicted molar refractivity (Wildman–Crippen MR) is 89.8 cm³/mol. The molecule has 1 unspecified atom stereocenters. The van der Waals surface area contributed by atoms with Crippen molar-refractivity contribution in [1.82, 2.24) is 4.90 Å². The van der Waals surface area contributed by atoms with Gasteiger partial charge in [-0.25, -0.2) is 0 Å². The first-order valence-corrected chi connectivity index (χ1v) is 8.20. The Bertz CT molecular complexity index is 614. The molecule has 0 bridgehead atoms. The highest BCUT2D eigenvalue weighted by Gasteiger charge is 2.26. The molecule has 6 nitrogen and oxygen atoms in total. The smallest absolute Gasteiger partial charge is 0.303 e. The fourth-order valence-corrected chi connectivity index (χ4v) is 3.19. The Hall–Kier alpha value is -2.24. The molecular weight excluding hydrogens is 310 g/mol. The Morgan fingerprint density at radius 3 is 2.54 bits per heavy atom. The van der Waals surface area contributed by atoms with Crippen LogP contribution in [0, 0.1) is 12.8 Å². The summed E-state index contributed by atoms with van der Waals surface area (Å²) in [5, 5.41) is 8.83. The van der Waals surface area contributed by atoms with E-state index in [-0.39, 0.29) is 18.2 Å². The van der Waals surface area contributed by atoms with Crippen LogP contribution in [0.5, 0.6) is 11.5 Å². The standard InChI is InChI=1S/C18H25NO5/c1-12-9-15(23-2)16(24-3)10-14(12)18(22)19-8-4-5-13(11-19)6-7-17(20)21/h9-10,13H,4-8,11H2,1-3H3,(H,20,21). The first kappa shape index (κ1) is 18.1. The van der Waals surface area contributed by atoms with E-state index in [0.717, 1.165) is 18.4 Å². The summed E-state index contributed by atoms with van der Waals surface area (Å²) in [7, 11) is 3.11. The van der Waals surface area contributed by atoms with E-state index in [1.165, 1.54) is 0 Å². The average molecular weight is 335 g/mol. The number of aryl methyl sites for hydroxylation is 1. The van der Waals surface area contributed by atoms with Crippen LogP contribution in [0.25, 0.3) is 0 Å². The highest BCUT2D eigenvalue weighted by Crippen LogP contribution is 2.31. The lowest BCUT2D eigenvalue weighted by molar-refractivity contribution is -0.137. The highest BCUT2D eigenvalue weighted by atomic mass is 16.5. The van der Waals surface area contributed by atoms with Gasteiger partial charge in [-0.15, -0.1) is 0 Å². The number of likely N-dealkylation sites (tertiary alicyclic amines) is 1. The molecule has 1 fully saturated rings. The van der Waals surface area contributed by atoms with Crippen molar-refractivity contribution in [3.63, 3.8) is 0 Å². The molecule has 0 aromatic heterocycles. The summed E-state index contributed by atoms with van der Waals surface area (Å²) in [5.41, 5.74) is 1.44. The summed E-state index contributed by atoms with van der Waals surface area (Å²) >= 11 is 0. The van der Waals surface area contributed by atoms with E-state index < -0.39 is 5.97 Å². The van der Waals surface area contributed by atoms with Crippen LogP contribution in [-0.4, -0.2) is 49.2 Å². The molecule has 1 aliphatic rings. The van der Waals surface area contributed by atoms with Gasteiger partial charge in [-0.2, -0.15) is 0 Å². The van der Waals surface area contributed by atoms with Gasteiger partial charge < -0.3 is 19.5 Å². The summed E-state index contributed by atoms with van der Waals surface area (Å²) in [6.45, 7) is 3.19. The number of amides is 1. The zero-order chi connectivity index (χ0) is 17.7. The van der Waals surface area contributed by atoms with Crippen molar-refractivity contribution in [2.75, 3.05) is 27.3 Å². The van der Waals surface area contributed by atoms with E-state index in [1.807, 2.05) is 11.8 Å². The minimum atomic E-state index is -0.783. The fourth-order valence-electron chi connectivity index (χ4n) is 3.19. The topological polar surface area (TPSA) is 76.1 Å². The molecule has 1 N–H and O–H groups in total. The zero-order valence-electron chi connectivity index (χ0n) is 14.5. The second kappa shape index (κ2) is 8.04. The number of carboxylic acid groups (broad SMARTS) is 1. The molecule has 0 aliphatic carbocycles. The van der Waals surface area contributed by atoms with Crippen molar-refractivity contribution in [3.05, 3.63) is 23.3 Å². The molecule has 1 amide bonds. The van der Waals surface area contributed by atoms with E-state index in [9.17, 15) is 9.59 Å². The molecule has 1 aromatic rings. The number of hydrogen-bond donors (Lipinski definition) is 1. The van der Waals surface area contributed by atoms with Gasteiger partial charge in [0.2, 0.25) is 0 Å². The third-order valence-corrected chi connectivity index (χ3v) is 4.53. The van der Waals surface area contributed by atoms with Crippen LogP contribution in [0.3, 0.4) is 0 Å². The number of carboxylic acids is 1. The van der Waals surface area contributed by atoms with Crippen LogP contribution >= 0.6 is 0 Å². The van der Waals surface area contributed by atoms with Gasteiger partial charge in [0, 0.05) is 25.1 Å². The zero-order valence-corrected chi connectivity index (χ0v) is 14.5. The number of hydrogen-bond acceptors (Lipinski definition) is 4. The molecule has 1 aromatic carbocycles. The number of piperidine rings is 1. The van der Waals surface area contributed by atoms with Crippen LogP contribution in [-0.2, 0) is 4.79 Å². The van der Waals surface area contributed by atoms with Crippen molar-refractivity contribution < 1.29 is 24.2 Å². The molecule has 0 spiro atoms. The molecule has 1 aliphatic heterocycles. The molecule has 1 atom stereocenters. The van der Waals surface area contributed by atoms with E-state index in [4.69, 9.17) is 14.6 Å². The number of rotatable bonds is 6. The van der Waals surface area contributed by atoms with E-state index >= 15 is 0 Å². The van der Waals surface area contributed by atoms with Gasteiger partial charge >= 0.3 is 5.97 Å². The van der Waals surface area contributed by atoms with Gasteiger partial charge in [-0.05, 0) is 49.8 Å². The van der Waals surface area contributed by atoms with E-state index in [2.05, 4.69) is 0 Å². The third-order valence-electron chi connectivity index (χ3n) is 4.53. The van der Waals surface area contributed by atoms with Crippen LogP contribution in [0.4, 0.5) is 0 Å². The third kappa shape index (κ3) is 4.19. The molecule has 2 rings (SSSR count). The molecule has 6 heteroatoms. The monoisotopic (exact) mass is 335 g/mol. The van der Waals surface area contributed by atoms with Gasteiger partial charge in [0.05, 0.1) is 14.2 Å². The minimum absolute atomic E-state index is 0.0338. The van der Waals surface area contributed by atoms with Gasteiger partial charge in [0.1, 0.15) is 0 Å². The molecule has 1 heterocycles. The SMILES string of the molecule is COc1cc(C)c(C(=O)N2CCCC(CCC(=O)O)C2)cc1OC. The van der Waals surface area contributed by atoms with Crippen molar-refractivity contribution in [2.24, 2.45) is 5.92 Å². The van der Waals surface area contributed by atoms with Crippen LogP contribution in [0.1, 0.15) is 41.6 Å². The first-order chi connectivity index (χ1) is 11.5. The van der Waals surface area contributed by atoms with Crippen LogP contribution in [0.15, 0.2) is 12.1 Å². The Morgan fingerprint density at radius 2 is 1.92 bits per heavy atom. The lowest BCUT2D eigenvalue weighted by Crippen LogP contribution is -2.40. The summed E-state index contributed by atoms with van der Waals surface area (Å²) < 4.78 is 10.6. The number of aliphatic carboxylic acids is 1. The molecule has 1 saturated heterocycles. The summed E-state index contributed by atoms with van der Waals surface area (Å²) in [5.74, 6) is 0.567. The number of methoxy groups -OCH3 is 2. The van der Waals surface area contributed by atoms with Crippen LogP contribution < -0.4 is 9.47 Å². The number of carbonyl (C=O) groups excluding carboxylic acids is 1. The molecule has 24 heavy (non-hydrogen) atoms. The maximum absolute atomic E-state index is 12.9. The quantitative estimate of drug-likeness (QED) is 0.865. The molecular formula is C18H25NO5. The first-order valence-electron chi connectivity index (χ1n) is 8.20. The van der Waals surface area contributed by atoms with Crippen molar-refractivity contribution in [2.45, 2.75) is 32.6 Å². The minimum Gasteiger partial charge on any atom is -0.493 e. The fraction of sp³-hybridized carbons (Fsp3) is 0.556. The highest BCUT2D eigenvalue weighted by molar-refractivity contribution is 5.96. The average Bonchev–Trinajstić information content (AvgIpc) is 2.59. The van der Waals surface area contributed by atoms with Crippen molar-refractivity contribution >= 4 is 11.9 Å². The van der Waals surface area contributed by atoms with Crippen molar-refractivity contribution in [3.8, 4) is 11.5 Å². The predicted octanol–water partition coefficient (Wildman–Crippen LogP) is 2.73. The lowest BCUT2D eigenvalue weighted by Gasteiger charge is -2.33. The van der Waals surface area contributed by atoms with E-state index in [0.29, 0.717) is 36.6 Å². The van der Waals surface area contributed by atoms with E-state index in [1.54, 1.807) is 26.4 Å². The molecule has 0 saturated carbocycles. The Balaban J connectivity index is 2.14. The van der Waals surface area contributed by atoms with Gasteiger partial charge in [0.25, 0.3) is 5.91 Å². The Kier molecular flexibility index (Phi) is 6.06. The number of carbonyl (C=O) groups is 2.